The van der Waals surface area contributed by atoms with Crippen molar-refractivity contribution in [2.75, 3.05) is 7.05 Å². The summed E-state index contributed by atoms with van der Waals surface area (Å²) in [7, 11) is 1.63. The van der Waals surface area contributed by atoms with Crippen molar-refractivity contribution in [1.29, 1.82) is 0 Å². The standard InChI is InChI=1S/C10H10BrN3O/c1-12-9(15)6-14-5-3-7-8(14)2-4-13-10(7)11/h2-5H,6H2,1H3,(H,12,15). The number of carbonyl (C=O) groups is 1. The van der Waals surface area contributed by atoms with Gasteiger partial charge in [-0.3, -0.25) is 4.79 Å². The van der Waals surface area contributed by atoms with Crippen LogP contribution in [0.2, 0.25) is 0 Å². The summed E-state index contributed by atoms with van der Waals surface area (Å²) in [5, 5.41) is 3.61. The fourth-order valence-corrected chi connectivity index (χ4v) is 1.91. The van der Waals surface area contributed by atoms with Crippen LogP contribution >= 0.6 is 15.9 Å². The number of halogens is 1. The summed E-state index contributed by atoms with van der Waals surface area (Å²) < 4.78 is 2.69. The van der Waals surface area contributed by atoms with Gasteiger partial charge in [0.25, 0.3) is 0 Å². The maximum atomic E-state index is 11.2. The Balaban J connectivity index is 2.45. The molecule has 0 unspecified atom stereocenters. The zero-order valence-electron chi connectivity index (χ0n) is 8.20. The molecule has 2 rings (SSSR count). The average Bonchev–Trinajstić information content (AvgIpc) is 2.63. The van der Waals surface area contributed by atoms with E-state index in [1.165, 1.54) is 0 Å². The molecule has 5 heteroatoms. The van der Waals surface area contributed by atoms with Crippen molar-refractivity contribution in [3.05, 3.63) is 29.1 Å². The number of rotatable bonds is 2. The molecule has 4 nitrogen and oxygen atoms in total. The quantitative estimate of drug-likeness (QED) is 0.840. The van der Waals surface area contributed by atoms with Gasteiger partial charge in [0, 0.05) is 24.8 Å². The fourth-order valence-electron chi connectivity index (χ4n) is 1.46. The summed E-state index contributed by atoms with van der Waals surface area (Å²) in [5.74, 6) is -0.0135. The Morgan fingerprint density at radius 3 is 3.13 bits per heavy atom. The zero-order chi connectivity index (χ0) is 10.8. The molecule has 0 aliphatic heterocycles. The molecule has 0 aliphatic rings. The molecule has 0 saturated carbocycles. The average molecular weight is 268 g/mol. The van der Waals surface area contributed by atoms with Crippen molar-refractivity contribution in [1.82, 2.24) is 14.9 Å². The molecule has 0 fully saturated rings. The largest absolute Gasteiger partial charge is 0.358 e. The minimum absolute atomic E-state index is 0.0135. The Kier molecular flexibility index (Phi) is 2.73. The van der Waals surface area contributed by atoms with Gasteiger partial charge in [-0.05, 0) is 28.1 Å². The van der Waals surface area contributed by atoms with Crippen LogP contribution < -0.4 is 5.32 Å². The van der Waals surface area contributed by atoms with E-state index in [1.807, 2.05) is 22.9 Å². The van der Waals surface area contributed by atoms with Gasteiger partial charge in [0.1, 0.15) is 11.1 Å². The highest BCUT2D eigenvalue weighted by Gasteiger charge is 2.06. The SMILES string of the molecule is CNC(=O)Cn1ccc2c(Br)nccc21. The number of hydrogen-bond acceptors (Lipinski definition) is 2. The first kappa shape index (κ1) is 10.2. The first-order valence-corrected chi connectivity index (χ1v) is 5.31. The predicted molar refractivity (Wildman–Crippen MR) is 61.5 cm³/mol. The van der Waals surface area contributed by atoms with Gasteiger partial charge < -0.3 is 9.88 Å². The Hall–Kier alpha value is -1.36. The predicted octanol–water partition coefficient (Wildman–Crippen LogP) is 1.54. The number of amides is 1. The van der Waals surface area contributed by atoms with Gasteiger partial charge >= 0.3 is 0 Å². The topological polar surface area (TPSA) is 46.9 Å². The smallest absolute Gasteiger partial charge is 0.239 e. The number of carbonyl (C=O) groups excluding carboxylic acids is 1. The Morgan fingerprint density at radius 2 is 2.40 bits per heavy atom. The maximum Gasteiger partial charge on any atom is 0.239 e. The number of fused-ring (bicyclic) bond motifs is 1. The summed E-state index contributed by atoms with van der Waals surface area (Å²) in [6.07, 6.45) is 3.60. The van der Waals surface area contributed by atoms with Crippen LogP contribution in [0.1, 0.15) is 0 Å². The van der Waals surface area contributed by atoms with Gasteiger partial charge in [0.05, 0.1) is 5.52 Å². The fraction of sp³-hybridized carbons (Fsp3) is 0.200. The zero-order valence-corrected chi connectivity index (χ0v) is 9.78. The molecule has 2 heterocycles. The van der Waals surface area contributed by atoms with Gasteiger partial charge in [-0.15, -0.1) is 0 Å². The van der Waals surface area contributed by atoms with Crippen molar-refractivity contribution in [2.45, 2.75) is 6.54 Å². The highest BCUT2D eigenvalue weighted by atomic mass is 79.9. The van der Waals surface area contributed by atoms with Gasteiger partial charge in [0.2, 0.25) is 5.91 Å². The Labute approximate surface area is 95.4 Å². The number of nitrogens with zero attached hydrogens (tertiary/aromatic N) is 2. The third-order valence-corrected chi connectivity index (χ3v) is 2.87. The van der Waals surface area contributed by atoms with Gasteiger partial charge in [-0.25, -0.2) is 4.98 Å². The Morgan fingerprint density at radius 1 is 1.60 bits per heavy atom. The lowest BCUT2D eigenvalue weighted by Gasteiger charge is -2.03. The second kappa shape index (κ2) is 4.02. The van der Waals surface area contributed by atoms with Gasteiger partial charge in [0.15, 0.2) is 0 Å². The van der Waals surface area contributed by atoms with E-state index < -0.39 is 0 Å². The van der Waals surface area contributed by atoms with E-state index >= 15 is 0 Å². The summed E-state index contributed by atoms with van der Waals surface area (Å²) in [4.78, 5) is 15.4. The van der Waals surface area contributed by atoms with Crippen molar-refractivity contribution in [3.8, 4) is 0 Å². The lowest BCUT2D eigenvalue weighted by Crippen LogP contribution is -2.22. The summed E-state index contributed by atoms with van der Waals surface area (Å²) >= 11 is 3.37. The number of nitrogens with one attached hydrogen (secondary N) is 1. The molecule has 15 heavy (non-hydrogen) atoms. The van der Waals surface area contributed by atoms with Crippen molar-refractivity contribution in [2.24, 2.45) is 0 Å². The minimum Gasteiger partial charge on any atom is -0.358 e. The monoisotopic (exact) mass is 267 g/mol. The normalized spacial score (nSPS) is 10.5. The van der Waals surface area contributed by atoms with Crippen LogP contribution in [-0.4, -0.2) is 22.5 Å². The summed E-state index contributed by atoms with van der Waals surface area (Å²) in [6.45, 7) is 0.330. The van der Waals surface area contributed by atoms with E-state index in [0.29, 0.717) is 6.54 Å². The molecular weight excluding hydrogens is 258 g/mol. The number of aromatic nitrogens is 2. The molecule has 0 atom stereocenters. The van der Waals surface area contributed by atoms with Crippen molar-refractivity contribution in [3.63, 3.8) is 0 Å². The molecule has 0 aromatic carbocycles. The van der Waals surface area contributed by atoms with Crippen LogP contribution in [0, 0.1) is 0 Å². The van der Waals surface area contributed by atoms with E-state index in [4.69, 9.17) is 0 Å². The molecule has 0 saturated heterocycles. The molecule has 78 valence electrons. The second-order valence-electron chi connectivity index (χ2n) is 3.15. The molecule has 1 amide bonds. The van der Waals surface area contributed by atoms with Crippen LogP contribution in [0.4, 0.5) is 0 Å². The van der Waals surface area contributed by atoms with Gasteiger partial charge in [-0.1, -0.05) is 0 Å². The number of hydrogen-bond donors (Lipinski definition) is 1. The lowest BCUT2D eigenvalue weighted by molar-refractivity contribution is -0.121. The highest BCUT2D eigenvalue weighted by molar-refractivity contribution is 9.10. The minimum atomic E-state index is -0.0135. The van der Waals surface area contributed by atoms with E-state index in [0.717, 1.165) is 15.5 Å². The van der Waals surface area contributed by atoms with Crippen molar-refractivity contribution < 1.29 is 4.79 Å². The molecule has 0 radical (unpaired) electrons. The third-order valence-electron chi connectivity index (χ3n) is 2.24. The summed E-state index contributed by atoms with van der Waals surface area (Å²) in [6, 6.07) is 3.83. The van der Waals surface area contributed by atoms with E-state index in [2.05, 4.69) is 26.2 Å². The number of likely N-dealkylation sites (N-methyl/N-ethyl adjacent to an activating group) is 1. The second-order valence-corrected chi connectivity index (χ2v) is 3.90. The lowest BCUT2D eigenvalue weighted by atomic mass is 10.3. The molecular formula is C10H10BrN3O. The van der Waals surface area contributed by atoms with Crippen LogP contribution in [0.15, 0.2) is 29.1 Å². The van der Waals surface area contributed by atoms with E-state index in [1.54, 1.807) is 13.2 Å². The van der Waals surface area contributed by atoms with Crippen LogP contribution in [-0.2, 0) is 11.3 Å². The third kappa shape index (κ3) is 1.87. The molecule has 1 N–H and O–H groups in total. The first-order chi connectivity index (χ1) is 7.22. The van der Waals surface area contributed by atoms with Crippen LogP contribution in [0.25, 0.3) is 10.9 Å². The van der Waals surface area contributed by atoms with Crippen LogP contribution in [0.3, 0.4) is 0 Å². The molecule has 2 aromatic rings. The summed E-state index contributed by atoms with van der Waals surface area (Å²) in [5.41, 5.74) is 1.00. The van der Waals surface area contributed by atoms with E-state index in [-0.39, 0.29) is 5.91 Å². The van der Waals surface area contributed by atoms with Crippen molar-refractivity contribution >= 4 is 32.7 Å². The van der Waals surface area contributed by atoms with E-state index in [9.17, 15) is 4.79 Å². The van der Waals surface area contributed by atoms with Gasteiger partial charge in [-0.2, -0.15) is 0 Å². The number of pyridine rings is 1. The first-order valence-electron chi connectivity index (χ1n) is 4.52. The Bertz CT molecular complexity index is 506. The van der Waals surface area contributed by atoms with Crippen LogP contribution in [0.5, 0.6) is 0 Å². The molecule has 0 spiro atoms. The maximum absolute atomic E-state index is 11.2. The molecule has 0 aliphatic carbocycles. The molecule has 2 aromatic heterocycles. The molecule has 0 bridgehead atoms. The highest BCUT2D eigenvalue weighted by Crippen LogP contribution is 2.22.